The van der Waals surface area contributed by atoms with Crippen LogP contribution in [0.15, 0.2) is 23.1 Å². The Hall–Kier alpha value is -1.75. The molecule has 1 aromatic rings. The Bertz CT molecular complexity index is 588. The van der Waals surface area contributed by atoms with Gasteiger partial charge in [0.15, 0.2) is 0 Å². The molecule has 0 aromatic heterocycles. The first-order valence-corrected chi connectivity index (χ1v) is 7.41. The molecule has 0 spiro atoms. The van der Waals surface area contributed by atoms with Crippen molar-refractivity contribution in [1.82, 2.24) is 4.72 Å². The fraction of sp³-hybridized carbons (Fsp3) is 0.455. The fourth-order valence-electron chi connectivity index (χ4n) is 1.48. The van der Waals surface area contributed by atoms with Gasteiger partial charge in [-0.2, -0.15) is 0 Å². The van der Waals surface area contributed by atoms with E-state index >= 15 is 0 Å². The quantitative estimate of drug-likeness (QED) is 0.369. The third-order valence-corrected chi connectivity index (χ3v) is 3.90. The minimum Gasteiger partial charge on any atom is -0.495 e. The van der Waals surface area contributed by atoms with Gasteiger partial charge in [0, 0.05) is 18.7 Å². The van der Waals surface area contributed by atoms with Crippen LogP contribution < -0.4 is 9.46 Å². The summed E-state index contributed by atoms with van der Waals surface area (Å²) in [4.78, 5) is 9.71. The van der Waals surface area contributed by atoms with Crippen LogP contribution in [0.5, 0.6) is 5.75 Å². The number of methoxy groups -OCH3 is 1. The lowest BCUT2D eigenvalue weighted by atomic mass is 10.3. The largest absolute Gasteiger partial charge is 0.495 e. The summed E-state index contributed by atoms with van der Waals surface area (Å²) in [5, 5.41) is 19.2. The summed E-state index contributed by atoms with van der Waals surface area (Å²) in [5.41, 5.74) is -0.354. The van der Waals surface area contributed by atoms with Crippen LogP contribution in [0.25, 0.3) is 0 Å². The van der Waals surface area contributed by atoms with Gasteiger partial charge in [-0.15, -0.1) is 0 Å². The molecule has 0 unspecified atom stereocenters. The van der Waals surface area contributed by atoms with Crippen molar-refractivity contribution in [2.24, 2.45) is 0 Å². The van der Waals surface area contributed by atoms with Crippen molar-refractivity contribution in [3.8, 4) is 5.75 Å². The van der Waals surface area contributed by atoms with E-state index in [9.17, 15) is 18.5 Å². The maximum atomic E-state index is 12.1. The zero-order valence-corrected chi connectivity index (χ0v) is 12.1. The monoisotopic (exact) mass is 320 g/mol. The zero-order chi connectivity index (χ0) is 15.9. The standard InChI is InChI=1S/C11H16N2O7S/c1-19-10-3-2-9(13(15)16)8-11(10)21(17,18)12-4-6-20-7-5-14/h2-3,8,12,14H,4-7H2,1H3. The highest BCUT2D eigenvalue weighted by atomic mass is 32.2. The van der Waals surface area contributed by atoms with E-state index in [1.54, 1.807) is 0 Å². The van der Waals surface area contributed by atoms with Crippen molar-refractivity contribution in [2.45, 2.75) is 4.90 Å². The summed E-state index contributed by atoms with van der Waals surface area (Å²) in [6.07, 6.45) is 0. The Labute approximate surface area is 121 Å². The van der Waals surface area contributed by atoms with Crippen molar-refractivity contribution >= 4 is 15.7 Å². The molecule has 0 aliphatic heterocycles. The van der Waals surface area contributed by atoms with E-state index < -0.39 is 14.9 Å². The number of nitro benzene ring substituents is 1. The van der Waals surface area contributed by atoms with Crippen LogP contribution in [0.2, 0.25) is 0 Å². The molecule has 0 fully saturated rings. The molecule has 1 rings (SSSR count). The Morgan fingerprint density at radius 2 is 2.10 bits per heavy atom. The highest BCUT2D eigenvalue weighted by Gasteiger charge is 2.22. The van der Waals surface area contributed by atoms with Gasteiger partial charge in [-0.3, -0.25) is 10.1 Å². The molecule has 0 radical (unpaired) electrons. The van der Waals surface area contributed by atoms with Crippen molar-refractivity contribution in [1.29, 1.82) is 0 Å². The molecule has 0 saturated carbocycles. The van der Waals surface area contributed by atoms with Gasteiger partial charge >= 0.3 is 0 Å². The molecule has 9 nitrogen and oxygen atoms in total. The number of sulfonamides is 1. The maximum Gasteiger partial charge on any atom is 0.271 e. The molecule has 2 N–H and O–H groups in total. The lowest BCUT2D eigenvalue weighted by molar-refractivity contribution is -0.385. The number of nitro groups is 1. The van der Waals surface area contributed by atoms with Crippen LogP contribution in [0.3, 0.4) is 0 Å². The highest BCUT2D eigenvalue weighted by molar-refractivity contribution is 7.89. The molecule has 1 aromatic carbocycles. The number of rotatable bonds is 9. The summed E-state index contributed by atoms with van der Waals surface area (Å²) in [6.45, 7) is -0.0292. The zero-order valence-electron chi connectivity index (χ0n) is 11.3. The number of aliphatic hydroxyl groups excluding tert-OH is 1. The average Bonchev–Trinajstić information content (AvgIpc) is 2.46. The van der Waals surface area contributed by atoms with E-state index in [1.807, 2.05) is 0 Å². The summed E-state index contributed by atoms with van der Waals surface area (Å²) in [5.74, 6) is 0.00405. The third-order valence-electron chi connectivity index (χ3n) is 2.42. The Morgan fingerprint density at radius 1 is 1.38 bits per heavy atom. The Morgan fingerprint density at radius 3 is 2.67 bits per heavy atom. The predicted molar refractivity (Wildman–Crippen MR) is 72.7 cm³/mol. The molecule has 0 bridgehead atoms. The van der Waals surface area contributed by atoms with Gasteiger partial charge in [0.25, 0.3) is 5.69 Å². The molecule has 10 heteroatoms. The molecule has 0 heterocycles. The molecule has 0 saturated heterocycles. The minimum absolute atomic E-state index is 0.00405. The molecule has 0 aliphatic carbocycles. The molecular formula is C11H16N2O7S. The number of hydrogen-bond acceptors (Lipinski definition) is 7. The van der Waals surface area contributed by atoms with E-state index in [-0.39, 0.29) is 42.7 Å². The van der Waals surface area contributed by atoms with Crippen molar-refractivity contribution < 1.29 is 27.9 Å². The van der Waals surface area contributed by atoms with Crippen LogP contribution >= 0.6 is 0 Å². The number of aliphatic hydroxyl groups is 1. The number of benzene rings is 1. The van der Waals surface area contributed by atoms with E-state index in [1.165, 1.54) is 13.2 Å². The summed E-state index contributed by atoms with van der Waals surface area (Å²) < 4.78 is 36.3. The fourth-order valence-corrected chi connectivity index (χ4v) is 2.68. The number of ether oxygens (including phenoxy) is 2. The number of nitrogens with zero attached hydrogens (tertiary/aromatic N) is 1. The molecule has 0 atom stereocenters. The van der Waals surface area contributed by atoms with E-state index in [0.29, 0.717) is 0 Å². The minimum atomic E-state index is -3.97. The maximum absolute atomic E-state index is 12.1. The first kappa shape index (κ1) is 17.3. The highest BCUT2D eigenvalue weighted by Crippen LogP contribution is 2.27. The van der Waals surface area contributed by atoms with Crippen LogP contribution in [0.4, 0.5) is 5.69 Å². The summed E-state index contributed by atoms with van der Waals surface area (Å²) >= 11 is 0. The van der Waals surface area contributed by atoms with E-state index in [0.717, 1.165) is 12.1 Å². The topological polar surface area (TPSA) is 128 Å². The van der Waals surface area contributed by atoms with Crippen molar-refractivity contribution in [3.63, 3.8) is 0 Å². The van der Waals surface area contributed by atoms with Gasteiger partial charge in [-0.25, -0.2) is 13.1 Å². The van der Waals surface area contributed by atoms with Gasteiger partial charge in [-0.05, 0) is 6.07 Å². The Kier molecular flexibility index (Phi) is 6.49. The molecule has 0 amide bonds. The van der Waals surface area contributed by atoms with Crippen LogP contribution in [-0.2, 0) is 14.8 Å². The third kappa shape index (κ3) is 4.93. The number of nitrogens with one attached hydrogen (secondary N) is 1. The molecule has 0 aliphatic rings. The second-order valence-electron chi connectivity index (χ2n) is 3.83. The van der Waals surface area contributed by atoms with Gasteiger partial charge in [0.1, 0.15) is 10.6 Å². The number of hydrogen-bond donors (Lipinski definition) is 2. The van der Waals surface area contributed by atoms with Crippen molar-refractivity contribution in [3.05, 3.63) is 28.3 Å². The van der Waals surface area contributed by atoms with Gasteiger partial charge in [0.2, 0.25) is 10.0 Å². The lowest BCUT2D eigenvalue weighted by Gasteiger charge is -2.10. The van der Waals surface area contributed by atoms with Gasteiger partial charge < -0.3 is 14.6 Å². The average molecular weight is 320 g/mol. The van der Waals surface area contributed by atoms with Gasteiger partial charge in [-0.1, -0.05) is 0 Å². The lowest BCUT2D eigenvalue weighted by Crippen LogP contribution is -2.28. The van der Waals surface area contributed by atoms with Crippen LogP contribution in [0, 0.1) is 10.1 Å². The van der Waals surface area contributed by atoms with Gasteiger partial charge in [0.05, 0.1) is 31.9 Å². The van der Waals surface area contributed by atoms with Crippen molar-refractivity contribution in [2.75, 3.05) is 33.5 Å². The number of non-ortho nitro benzene ring substituents is 1. The van der Waals surface area contributed by atoms with E-state index in [4.69, 9.17) is 14.6 Å². The normalized spacial score (nSPS) is 11.3. The summed E-state index contributed by atoms with van der Waals surface area (Å²) in [6, 6.07) is 3.30. The molecular weight excluding hydrogens is 304 g/mol. The van der Waals surface area contributed by atoms with E-state index in [2.05, 4.69) is 4.72 Å². The predicted octanol–water partition coefficient (Wildman–Crippen LogP) is -0.109. The smallest absolute Gasteiger partial charge is 0.271 e. The second kappa shape index (κ2) is 7.88. The molecule has 21 heavy (non-hydrogen) atoms. The first-order chi connectivity index (χ1) is 9.92. The molecule has 118 valence electrons. The van der Waals surface area contributed by atoms with Crippen LogP contribution in [-0.4, -0.2) is 51.9 Å². The SMILES string of the molecule is COc1ccc([N+](=O)[O-])cc1S(=O)(=O)NCCOCCO. The first-order valence-electron chi connectivity index (χ1n) is 5.93. The second-order valence-corrected chi connectivity index (χ2v) is 5.56. The summed E-state index contributed by atoms with van der Waals surface area (Å²) in [7, 11) is -2.70. The Balaban J connectivity index is 2.90. The van der Waals surface area contributed by atoms with Crippen LogP contribution in [0.1, 0.15) is 0 Å².